The van der Waals surface area contributed by atoms with Gasteiger partial charge in [-0.1, -0.05) is 12.1 Å². The van der Waals surface area contributed by atoms with Gasteiger partial charge in [-0.3, -0.25) is 14.4 Å². The third-order valence-electron chi connectivity index (χ3n) is 4.23. The standard InChI is InChI=1S/C18H23N5O5/c19-8-16(25)22-13(5-6-15(20)24)17(26)23-14(18(27)28)7-10-9-21-12-4-2-1-3-11(10)12/h1-4,9,13-14,21H,5-8,19H2,(H2,20,24)(H,22,25)(H,23,26)(H,27,28)/q+1/t13-,14-/m0/s1. The maximum absolute atomic E-state index is 12.5. The molecule has 2 atom stereocenters. The fourth-order valence-corrected chi connectivity index (χ4v) is 2.80. The summed E-state index contributed by atoms with van der Waals surface area (Å²) in [5.41, 5.74) is 12.8. The summed E-state index contributed by atoms with van der Waals surface area (Å²) in [7, 11) is 0. The molecule has 0 aromatic heterocycles. The lowest BCUT2D eigenvalue weighted by Gasteiger charge is -2.21. The van der Waals surface area contributed by atoms with Crippen LogP contribution in [0.5, 0.6) is 0 Å². The van der Waals surface area contributed by atoms with Crippen LogP contribution in [0.15, 0.2) is 30.5 Å². The number of fused-ring (bicyclic) bond motifs is 1. The second-order valence-corrected chi connectivity index (χ2v) is 6.29. The van der Waals surface area contributed by atoms with E-state index >= 15 is 0 Å². The first-order valence-corrected chi connectivity index (χ1v) is 8.67. The average Bonchev–Trinajstić information content (AvgIpc) is 3.07. The summed E-state index contributed by atoms with van der Waals surface area (Å²) in [5.74, 6) is -3.20. The minimum atomic E-state index is -1.22. The molecule has 3 amide bonds. The van der Waals surface area contributed by atoms with Gasteiger partial charge in [0, 0.05) is 30.0 Å². The van der Waals surface area contributed by atoms with Crippen LogP contribution in [-0.2, 0) is 19.2 Å². The Morgan fingerprint density at radius 2 is 1.82 bits per heavy atom. The number of carboxylic acid groups (broad SMARTS) is 1. The van der Waals surface area contributed by atoms with E-state index in [0.717, 1.165) is 16.8 Å². The first-order valence-electron chi connectivity index (χ1n) is 8.67. The van der Waals surface area contributed by atoms with Crippen LogP contribution >= 0.6 is 0 Å². The number of primary amides is 1. The molecule has 0 saturated heterocycles. The lowest BCUT2D eigenvalue weighted by molar-refractivity contribution is -0.491. The van der Waals surface area contributed by atoms with Gasteiger partial charge >= 0.3 is 5.97 Å². The van der Waals surface area contributed by atoms with Gasteiger partial charge in [0.15, 0.2) is 11.9 Å². The van der Waals surface area contributed by atoms with Crippen molar-refractivity contribution in [1.29, 1.82) is 0 Å². The number of aliphatic carboxylic acids is 1. The van der Waals surface area contributed by atoms with E-state index in [9.17, 15) is 24.3 Å². The molecule has 1 aliphatic heterocycles. The number of nitrogens with one attached hydrogen (secondary N) is 3. The topological polar surface area (TPSA) is 180 Å². The molecular weight excluding hydrogens is 366 g/mol. The highest BCUT2D eigenvalue weighted by molar-refractivity contribution is 5.92. The van der Waals surface area contributed by atoms with Crippen molar-refractivity contribution >= 4 is 35.0 Å². The molecule has 2 rings (SSSR count). The van der Waals surface area contributed by atoms with E-state index in [0.29, 0.717) is 0 Å². The number of hydrogen-bond donors (Lipinski definition) is 6. The highest BCUT2D eigenvalue weighted by Crippen LogP contribution is 2.27. The van der Waals surface area contributed by atoms with E-state index in [1.807, 2.05) is 24.3 Å². The van der Waals surface area contributed by atoms with Crippen molar-refractivity contribution in [2.24, 2.45) is 11.5 Å². The second-order valence-electron chi connectivity index (χ2n) is 6.29. The van der Waals surface area contributed by atoms with E-state index in [1.165, 1.54) is 0 Å². The Balaban J connectivity index is 2.08. The molecule has 1 aromatic rings. The molecule has 0 saturated carbocycles. The number of carbonyl (C=O) groups excluding carboxylic acids is 3. The minimum absolute atomic E-state index is 0.0401. The molecule has 0 unspecified atom stereocenters. The van der Waals surface area contributed by atoms with E-state index in [4.69, 9.17) is 11.5 Å². The molecule has 10 heteroatoms. The van der Waals surface area contributed by atoms with Crippen molar-refractivity contribution in [3.05, 3.63) is 36.0 Å². The van der Waals surface area contributed by atoms with Crippen molar-refractivity contribution in [2.75, 3.05) is 6.54 Å². The predicted octanol–water partition coefficient (Wildman–Crippen LogP) is -2.31. The maximum atomic E-state index is 12.5. The Hall–Kier alpha value is -3.24. The lowest BCUT2D eigenvalue weighted by Crippen LogP contribution is -2.69. The van der Waals surface area contributed by atoms with Gasteiger partial charge in [-0.2, -0.15) is 0 Å². The van der Waals surface area contributed by atoms with Crippen LogP contribution in [0.25, 0.3) is 5.57 Å². The van der Waals surface area contributed by atoms with Crippen LogP contribution in [0, 0.1) is 0 Å². The third kappa shape index (κ3) is 5.63. The predicted molar refractivity (Wildman–Crippen MR) is 98.6 cm³/mol. The Bertz CT molecular complexity index is 807. The van der Waals surface area contributed by atoms with Gasteiger partial charge in [0.05, 0.1) is 6.54 Å². The summed E-state index contributed by atoms with van der Waals surface area (Å²) in [6, 6.07) is 5.04. The van der Waals surface area contributed by atoms with Crippen LogP contribution in [0.3, 0.4) is 0 Å². The zero-order valence-electron chi connectivity index (χ0n) is 15.1. The monoisotopic (exact) mass is 389 g/mol. The van der Waals surface area contributed by atoms with Gasteiger partial charge in [0.2, 0.25) is 17.7 Å². The summed E-state index contributed by atoms with van der Waals surface area (Å²) in [6.07, 6.45) is 1.52. The van der Waals surface area contributed by atoms with Crippen molar-refractivity contribution < 1.29 is 29.6 Å². The molecule has 0 bridgehead atoms. The van der Waals surface area contributed by atoms with E-state index in [-0.39, 0.29) is 25.8 Å². The highest BCUT2D eigenvalue weighted by atomic mass is 16.4. The molecule has 1 aromatic carbocycles. The molecule has 10 nitrogen and oxygen atoms in total. The zero-order chi connectivity index (χ0) is 20.7. The van der Waals surface area contributed by atoms with Crippen LogP contribution < -0.4 is 27.4 Å². The van der Waals surface area contributed by atoms with Gasteiger partial charge in [-0.05, 0) is 12.5 Å². The zero-order valence-corrected chi connectivity index (χ0v) is 15.1. The van der Waals surface area contributed by atoms with Crippen molar-refractivity contribution in [3.8, 4) is 0 Å². The largest absolute Gasteiger partial charge is 0.480 e. The molecule has 149 valence electrons. The highest BCUT2D eigenvalue weighted by Gasteiger charge is 2.30. The van der Waals surface area contributed by atoms with Crippen LogP contribution in [0.2, 0.25) is 0 Å². The summed E-state index contributed by atoms with van der Waals surface area (Å²) in [4.78, 5) is 46.7. The van der Waals surface area contributed by atoms with Crippen molar-refractivity contribution in [3.63, 3.8) is 0 Å². The Labute approximate surface area is 161 Å². The van der Waals surface area contributed by atoms with Gasteiger partial charge in [0.25, 0.3) is 0 Å². The van der Waals surface area contributed by atoms with E-state index in [2.05, 4.69) is 16.0 Å². The second kappa shape index (κ2) is 9.62. The van der Waals surface area contributed by atoms with E-state index < -0.39 is 35.8 Å². The summed E-state index contributed by atoms with van der Waals surface area (Å²) in [5, 5.41) is 17.3. The van der Waals surface area contributed by atoms with Gasteiger partial charge in [0.1, 0.15) is 12.1 Å². The normalized spacial score (nSPS) is 14.4. The summed E-state index contributed by atoms with van der Waals surface area (Å²) in [6.45, 7) is -0.349. The average molecular weight is 389 g/mol. The number of para-hydroxylation sites is 1. The first kappa shape index (κ1) is 21.1. The Morgan fingerprint density at radius 3 is 2.46 bits per heavy atom. The van der Waals surface area contributed by atoms with Crippen LogP contribution in [-0.4, -0.2) is 47.4 Å². The molecule has 0 fully saturated rings. The van der Waals surface area contributed by atoms with Gasteiger partial charge in [-0.15, -0.1) is 5.32 Å². The molecule has 1 aliphatic rings. The van der Waals surface area contributed by atoms with Gasteiger partial charge in [-0.25, -0.2) is 4.79 Å². The molecular formula is C18H23N5O5+. The quantitative estimate of drug-likeness (QED) is 0.261. The number of rotatable bonds is 10. The molecule has 8 N–H and O–H groups in total. The molecule has 0 aliphatic carbocycles. The third-order valence-corrected chi connectivity index (χ3v) is 4.23. The molecule has 28 heavy (non-hydrogen) atoms. The minimum Gasteiger partial charge on any atom is -0.480 e. The number of amides is 3. The number of hydrogen-bond acceptors (Lipinski definition) is 6. The summed E-state index contributed by atoms with van der Waals surface area (Å²) >= 11 is 0. The number of anilines is 1. The lowest BCUT2D eigenvalue weighted by atomic mass is 9.99. The van der Waals surface area contributed by atoms with Crippen molar-refractivity contribution in [1.82, 2.24) is 10.6 Å². The number of carboxylic acids is 1. The summed E-state index contributed by atoms with van der Waals surface area (Å²) < 4.78 is 0. The number of carbonyl (C=O) groups is 4. The fourth-order valence-electron chi connectivity index (χ4n) is 2.80. The van der Waals surface area contributed by atoms with E-state index in [1.54, 1.807) is 6.20 Å². The molecule has 0 spiro atoms. The fraction of sp³-hybridized carbons (Fsp3) is 0.333. The van der Waals surface area contributed by atoms with Crippen LogP contribution in [0.4, 0.5) is 5.69 Å². The van der Waals surface area contributed by atoms with Crippen LogP contribution in [0.1, 0.15) is 24.8 Å². The number of benzene rings is 1. The molecule has 1 radical (unpaired) electrons. The van der Waals surface area contributed by atoms with Crippen molar-refractivity contribution in [2.45, 2.75) is 31.3 Å². The Morgan fingerprint density at radius 1 is 1.11 bits per heavy atom. The maximum Gasteiger partial charge on any atom is 0.326 e. The smallest absolute Gasteiger partial charge is 0.326 e. The number of nitrogens with two attached hydrogens (primary N) is 2. The SMILES string of the molecule is NCC(=O)N[C@@H](CCC(N)=O)C(=O)N[C@@H](CC1=C[NH+]c2ccccc21)C(=O)O. The van der Waals surface area contributed by atoms with Gasteiger partial charge < -0.3 is 27.2 Å². The molecule has 1 heterocycles. The first-order chi connectivity index (χ1) is 13.3. The Kier molecular flexibility index (Phi) is 7.24.